The number of aryl methyl sites for hydroxylation is 1. The summed E-state index contributed by atoms with van der Waals surface area (Å²) >= 11 is 0. The van der Waals surface area contributed by atoms with E-state index in [1.54, 1.807) is 24.3 Å². The second-order valence-corrected chi connectivity index (χ2v) is 7.34. The Kier molecular flexibility index (Phi) is 10.9. The van der Waals surface area contributed by atoms with Gasteiger partial charge in [0.2, 0.25) is 0 Å². The molecule has 0 saturated heterocycles. The molecule has 0 unspecified atom stereocenters. The molecule has 0 bridgehead atoms. The first-order valence-corrected chi connectivity index (χ1v) is 10.1. The van der Waals surface area contributed by atoms with Crippen molar-refractivity contribution in [3.05, 3.63) is 29.8 Å². The minimum Gasteiger partial charge on any atom is -0.379 e. The first-order chi connectivity index (χ1) is 11.6. The molecule has 0 aliphatic heterocycles. The Balaban J connectivity index is 2.01. The van der Waals surface area contributed by atoms with E-state index in [2.05, 4.69) is 6.92 Å². The quantitative estimate of drug-likeness (QED) is 0.375. The maximum Gasteiger partial charge on any atom is 0.297 e. The molecule has 0 atom stereocenters. The van der Waals surface area contributed by atoms with E-state index in [1.165, 1.54) is 25.7 Å². The first-order valence-electron chi connectivity index (χ1n) is 8.68. The Morgan fingerprint density at radius 3 is 2.04 bits per heavy atom. The second-order valence-electron chi connectivity index (χ2n) is 5.73. The van der Waals surface area contributed by atoms with E-state index in [9.17, 15) is 8.42 Å². The molecule has 1 aromatic rings. The zero-order valence-corrected chi connectivity index (χ0v) is 15.6. The van der Waals surface area contributed by atoms with Gasteiger partial charge in [0.15, 0.2) is 0 Å². The van der Waals surface area contributed by atoms with Crippen molar-refractivity contribution in [1.29, 1.82) is 0 Å². The molecular weight excluding hydrogens is 328 g/mol. The van der Waals surface area contributed by atoms with Gasteiger partial charge in [0.05, 0.1) is 31.3 Å². The lowest BCUT2D eigenvalue weighted by molar-refractivity contribution is 0.0359. The van der Waals surface area contributed by atoms with Crippen molar-refractivity contribution in [1.82, 2.24) is 0 Å². The van der Waals surface area contributed by atoms with Crippen LogP contribution in [0.4, 0.5) is 0 Å². The molecule has 0 N–H and O–H groups in total. The van der Waals surface area contributed by atoms with Gasteiger partial charge in [-0.05, 0) is 25.5 Å². The van der Waals surface area contributed by atoms with Gasteiger partial charge in [-0.1, -0.05) is 50.3 Å². The molecule has 0 aliphatic rings. The maximum absolute atomic E-state index is 11.9. The minimum atomic E-state index is -3.70. The Morgan fingerprint density at radius 1 is 0.792 bits per heavy atom. The molecule has 0 amide bonds. The van der Waals surface area contributed by atoms with E-state index in [0.717, 1.165) is 18.6 Å². The average molecular weight is 359 g/mol. The first kappa shape index (κ1) is 21.1. The normalized spacial score (nSPS) is 11.8. The predicted octanol–water partition coefficient (Wildman–Crippen LogP) is 3.70. The van der Waals surface area contributed by atoms with E-state index in [-0.39, 0.29) is 18.1 Å². The maximum atomic E-state index is 11.9. The SMILES string of the molecule is CCCCCCCOCCOCCOS(=O)(=O)c1ccc(C)cc1. The minimum absolute atomic E-state index is 0.00717. The molecule has 1 rings (SSSR count). The van der Waals surface area contributed by atoms with Crippen LogP contribution in [0.15, 0.2) is 29.2 Å². The van der Waals surface area contributed by atoms with Crippen LogP contribution in [0.5, 0.6) is 0 Å². The molecule has 0 aromatic heterocycles. The third-order valence-electron chi connectivity index (χ3n) is 3.54. The molecule has 0 saturated carbocycles. The molecule has 1 aromatic carbocycles. The number of hydrogen-bond acceptors (Lipinski definition) is 5. The Morgan fingerprint density at radius 2 is 1.38 bits per heavy atom. The number of rotatable bonds is 14. The van der Waals surface area contributed by atoms with Crippen LogP contribution in [-0.4, -0.2) is 41.5 Å². The molecule has 138 valence electrons. The third-order valence-corrected chi connectivity index (χ3v) is 4.87. The van der Waals surface area contributed by atoms with Crippen LogP contribution in [0.3, 0.4) is 0 Å². The summed E-state index contributed by atoms with van der Waals surface area (Å²) in [7, 11) is -3.70. The summed E-state index contributed by atoms with van der Waals surface area (Å²) in [6.45, 7) is 6.06. The molecule has 5 nitrogen and oxygen atoms in total. The van der Waals surface area contributed by atoms with Crippen LogP contribution in [0.25, 0.3) is 0 Å². The van der Waals surface area contributed by atoms with E-state index >= 15 is 0 Å². The van der Waals surface area contributed by atoms with Crippen molar-refractivity contribution in [2.75, 3.05) is 33.0 Å². The lowest BCUT2D eigenvalue weighted by Crippen LogP contribution is -2.13. The Labute approximate surface area is 146 Å². The summed E-state index contributed by atoms with van der Waals surface area (Å²) in [5.41, 5.74) is 1.00. The van der Waals surface area contributed by atoms with Gasteiger partial charge in [-0.3, -0.25) is 4.18 Å². The highest BCUT2D eigenvalue weighted by atomic mass is 32.2. The van der Waals surface area contributed by atoms with Crippen molar-refractivity contribution < 1.29 is 22.1 Å². The van der Waals surface area contributed by atoms with Crippen LogP contribution in [0.2, 0.25) is 0 Å². The highest BCUT2D eigenvalue weighted by Gasteiger charge is 2.14. The number of benzene rings is 1. The fourth-order valence-electron chi connectivity index (χ4n) is 2.11. The van der Waals surface area contributed by atoms with Crippen molar-refractivity contribution in [2.24, 2.45) is 0 Å². The smallest absolute Gasteiger partial charge is 0.297 e. The van der Waals surface area contributed by atoms with Gasteiger partial charge in [0, 0.05) is 6.61 Å². The molecular formula is C18H30O5S. The summed E-state index contributed by atoms with van der Waals surface area (Å²) in [6, 6.07) is 6.57. The second kappa shape index (κ2) is 12.4. The fraction of sp³-hybridized carbons (Fsp3) is 0.667. The van der Waals surface area contributed by atoms with Gasteiger partial charge in [-0.25, -0.2) is 0 Å². The third kappa shape index (κ3) is 9.37. The van der Waals surface area contributed by atoms with Crippen molar-refractivity contribution in [3.8, 4) is 0 Å². The van der Waals surface area contributed by atoms with E-state index in [1.807, 2.05) is 6.92 Å². The molecule has 0 heterocycles. The summed E-state index contributed by atoms with van der Waals surface area (Å²) in [4.78, 5) is 0.166. The van der Waals surface area contributed by atoms with E-state index in [4.69, 9.17) is 13.7 Å². The van der Waals surface area contributed by atoms with Crippen molar-refractivity contribution >= 4 is 10.1 Å². The van der Waals surface area contributed by atoms with Crippen LogP contribution in [0, 0.1) is 6.92 Å². The molecule has 6 heteroatoms. The van der Waals surface area contributed by atoms with Gasteiger partial charge in [-0.15, -0.1) is 0 Å². The Bertz CT molecular complexity index is 525. The van der Waals surface area contributed by atoms with Gasteiger partial charge in [-0.2, -0.15) is 8.42 Å². The Hall–Kier alpha value is -0.950. The van der Waals surface area contributed by atoms with Gasteiger partial charge in [0.25, 0.3) is 10.1 Å². The van der Waals surface area contributed by atoms with Crippen LogP contribution in [-0.2, 0) is 23.8 Å². The zero-order valence-electron chi connectivity index (χ0n) is 14.8. The summed E-state index contributed by atoms with van der Waals surface area (Å²) < 4.78 is 39.6. The number of hydrogen-bond donors (Lipinski definition) is 0. The number of unbranched alkanes of at least 4 members (excludes halogenated alkanes) is 4. The van der Waals surface area contributed by atoms with Gasteiger partial charge < -0.3 is 9.47 Å². The topological polar surface area (TPSA) is 61.8 Å². The molecule has 0 aliphatic carbocycles. The largest absolute Gasteiger partial charge is 0.379 e. The standard InChI is InChI=1S/C18H30O5S/c1-3-4-5-6-7-12-21-13-14-22-15-16-23-24(19,20)18-10-8-17(2)9-11-18/h8-11H,3-7,12-16H2,1-2H3. The molecule has 0 fully saturated rings. The molecule has 0 radical (unpaired) electrons. The van der Waals surface area contributed by atoms with Gasteiger partial charge >= 0.3 is 0 Å². The average Bonchev–Trinajstić information content (AvgIpc) is 2.56. The monoisotopic (exact) mass is 358 g/mol. The lowest BCUT2D eigenvalue weighted by Gasteiger charge is -2.07. The van der Waals surface area contributed by atoms with E-state index in [0.29, 0.717) is 13.2 Å². The van der Waals surface area contributed by atoms with Crippen molar-refractivity contribution in [3.63, 3.8) is 0 Å². The van der Waals surface area contributed by atoms with Gasteiger partial charge in [0.1, 0.15) is 0 Å². The van der Waals surface area contributed by atoms with Crippen LogP contribution < -0.4 is 0 Å². The van der Waals surface area contributed by atoms with Crippen LogP contribution >= 0.6 is 0 Å². The predicted molar refractivity (Wildman–Crippen MR) is 94.7 cm³/mol. The summed E-state index contributed by atoms with van der Waals surface area (Å²) in [5, 5.41) is 0. The molecule has 0 spiro atoms. The summed E-state index contributed by atoms with van der Waals surface area (Å²) in [6.07, 6.45) is 6.09. The van der Waals surface area contributed by atoms with Crippen LogP contribution in [0.1, 0.15) is 44.6 Å². The van der Waals surface area contributed by atoms with E-state index < -0.39 is 10.1 Å². The number of ether oxygens (including phenoxy) is 2. The molecule has 24 heavy (non-hydrogen) atoms. The zero-order chi connectivity index (χ0) is 17.7. The highest BCUT2D eigenvalue weighted by Crippen LogP contribution is 2.12. The fourth-order valence-corrected chi connectivity index (χ4v) is 3.00. The summed E-state index contributed by atoms with van der Waals surface area (Å²) in [5.74, 6) is 0. The van der Waals surface area contributed by atoms with Crippen molar-refractivity contribution in [2.45, 2.75) is 50.8 Å². The highest BCUT2D eigenvalue weighted by molar-refractivity contribution is 7.86. The lowest BCUT2D eigenvalue weighted by atomic mass is 10.2.